The third-order valence-electron chi connectivity index (χ3n) is 3.88. The Morgan fingerprint density at radius 3 is 2.33 bits per heavy atom. The number of nitrogens with zero attached hydrogens (tertiary/aromatic N) is 3. The third kappa shape index (κ3) is 3.01. The number of rotatable bonds is 4. The van der Waals surface area contributed by atoms with Gasteiger partial charge in [0.15, 0.2) is 0 Å². The largest absolute Gasteiger partial charge is 0.496 e. The van der Waals surface area contributed by atoms with Crippen molar-refractivity contribution >= 4 is 11.4 Å². The number of para-hydroxylation sites is 1. The molecule has 122 valence electrons. The second-order valence-electron chi connectivity index (χ2n) is 5.65. The smallest absolute Gasteiger partial charge is 0.128 e. The summed E-state index contributed by atoms with van der Waals surface area (Å²) in [5, 5.41) is 0. The van der Waals surface area contributed by atoms with Crippen molar-refractivity contribution in [1.82, 2.24) is 9.97 Å². The molecule has 3 aromatic rings. The SMILES string of the molecule is COc1ccccc1-c1cc(-c2cc(N(C)C)ccc2N)ncn1. The van der Waals surface area contributed by atoms with E-state index in [-0.39, 0.29) is 0 Å². The van der Waals surface area contributed by atoms with E-state index in [4.69, 9.17) is 10.5 Å². The van der Waals surface area contributed by atoms with Crippen LogP contribution in [-0.2, 0) is 0 Å². The van der Waals surface area contributed by atoms with Crippen molar-refractivity contribution in [3.05, 3.63) is 54.9 Å². The average molecular weight is 320 g/mol. The topological polar surface area (TPSA) is 64.3 Å². The van der Waals surface area contributed by atoms with Crippen LogP contribution in [0.4, 0.5) is 11.4 Å². The summed E-state index contributed by atoms with van der Waals surface area (Å²) in [6.45, 7) is 0. The molecule has 5 heteroatoms. The fourth-order valence-electron chi connectivity index (χ4n) is 2.55. The number of anilines is 2. The van der Waals surface area contributed by atoms with Gasteiger partial charge in [-0.15, -0.1) is 0 Å². The van der Waals surface area contributed by atoms with Crippen LogP contribution >= 0.6 is 0 Å². The molecule has 0 bridgehead atoms. The molecule has 0 aliphatic heterocycles. The maximum atomic E-state index is 6.16. The number of methoxy groups -OCH3 is 1. The van der Waals surface area contributed by atoms with Crippen LogP contribution < -0.4 is 15.4 Å². The van der Waals surface area contributed by atoms with E-state index in [1.165, 1.54) is 0 Å². The van der Waals surface area contributed by atoms with E-state index in [1.807, 2.05) is 67.5 Å². The van der Waals surface area contributed by atoms with Crippen molar-refractivity contribution < 1.29 is 4.74 Å². The molecule has 5 nitrogen and oxygen atoms in total. The summed E-state index contributed by atoms with van der Waals surface area (Å²) in [7, 11) is 5.64. The lowest BCUT2D eigenvalue weighted by Gasteiger charge is -2.15. The van der Waals surface area contributed by atoms with Crippen LogP contribution in [0.25, 0.3) is 22.5 Å². The first kappa shape index (κ1) is 15.8. The maximum absolute atomic E-state index is 6.16. The van der Waals surface area contributed by atoms with Gasteiger partial charge in [0.05, 0.1) is 18.5 Å². The fraction of sp³-hybridized carbons (Fsp3) is 0.158. The molecule has 0 fully saturated rings. The minimum absolute atomic E-state index is 0.685. The molecular weight excluding hydrogens is 300 g/mol. The number of hydrogen-bond donors (Lipinski definition) is 1. The molecule has 0 amide bonds. The van der Waals surface area contributed by atoms with Gasteiger partial charge in [-0.05, 0) is 36.4 Å². The molecule has 1 heterocycles. The normalized spacial score (nSPS) is 10.5. The molecule has 2 N–H and O–H groups in total. The highest BCUT2D eigenvalue weighted by Gasteiger charge is 2.11. The van der Waals surface area contributed by atoms with Crippen LogP contribution in [0.5, 0.6) is 5.75 Å². The van der Waals surface area contributed by atoms with Crippen LogP contribution in [0.3, 0.4) is 0 Å². The lowest BCUT2D eigenvalue weighted by atomic mass is 10.0. The van der Waals surface area contributed by atoms with Crippen molar-refractivity contribution in [2.24, 2.45) is 0 Å². The zero-order valence-electron chi connectivity index (χ0n) is 14.0. The summed E-state index contributed by atoms with van der Waals surface area (Å²) in [6.07, 6.45) is 1.55. The van der Waals surface area contributed by atoms with E-state index < -0.39 is 0 Å². The zero-order valence-corrected chi connectivity index (χ0v) is 14.0. The van der Waals surface area contributed by atoms with Gasteiger partial charge >= 0.3 is 0 Å². The van der Waals surface area contributed by atoms with E-state index in [0.29, 0.717) is 5.69 Å². The molecule has 0 aliphatic rings. The monoisotopic (exact) mass is 320 g/mol. The van der Waals surface area contributed by atoms with Gasteiger partial charge in [-0.2, -0.15) is 0 Å². The first-order valence-corrected chi connectivity index (χ1v) is 7.63. The third-order valence-corrected chi connectivity index (χ3v) is 3.88. The molecule has 1 aromatic heterocycles. The summed E-state index contributed by atoms with van der Waals surface area (Å²) in [4.78, 5) is 10.8. The van der Waals surface area contributed by atoms with Gasteiger partial charge in [-0.3, -0.25) is 0 Å². The van der Waals surface area contributed by atoms with Crippen molar-refractivity contribution in [3.63, 3.8) is 0 Å². The van der Waals surface area contributed by atoms with Crippen LogP contribution in [0.15, 0.2) is 54.9 Å². The second kappa shape index (κ2) is 6.58. The van der Waals surface area contributed by atoms with Gasteiger partial charge in [-0.1, -0.05) is 12.1 Å². The summed E-state index contributed by atoms with van der Waals surface area (Å²) in [5.41, 5.74) is 11.3. The Hall–Kier alpha value is -3.08. The second-order valence-corrected chi connectivity index (χ2v) is 5.65. The van der Waals surface area contributed by atoms with Gasteiger partial charge < -0.3 is 15.4 Å². The molecule has 3 rings (SSSR count). The Balaban J connectivity index is 2.10. The highest BCUT2D eigenvalue weighted by atomic mass is 16.5. The minimum atomic E-state index is 0.685. The van der Waals surface area contributed by atoms with E-state index in [9.17, 15) is 0 Å². The van der Waals surface area contributed by atoms with Gasteiger partial charge in [-0.25, -0.2) is 9.97 Å². The number of benzene rings is 2. The minimum Gasteiger partial charge on any atom is -0.496 e. The number of nitrogen functional groups attached to an aromatic ring is 1. The van der Waals surface area contributed by atoms with Gasteiger partial charge in [0.1, 0.15) is 12.1 Å². The molecule has 2 aromatic carbocycles. The highest BCUT2D eigenvalue weighted by Crippen LogP contribution is 2.33. The standard InChI is InChI=1S/C19H20N4O/c1-23(2)13-8-9-16(20)15(10-13)18-11-17(21-12-22-18)14-6-4-5-7-19(14)24-3/h4-12H,20H2,1-3H3. The molecule has 0 unspecified atom stereocenters. The highest BCUT2D eigenvalue weighted by molar-refractivity contribution is 5.80. The molecule has 24 heavy (non-hydrogen) atoms. The summed E-state index contributed by atoms with van der Waals surface area (Å²) < 4.78 is 5.43. The Labute approximate surface area is 141 Å². The lowest BCUT2D eigenvalue weighted by Crippen LogP contribution is -2.09. The maximum Gasteiger partial charge on any atom is 0.128 e. The van der Waals surface area contributed by atoms with Crippen LogP contribution in [0, 0.1) is 0 Å². The summed E-state index contributed by atoms with van der Waals surface area (Å²) in [6, 6.07) is 15.6. The van der Waals surface area contributed by atoms with E-state index in [1.54, 1.807) is 13.4 Å². The Bertz CT molecular complexity index is 861. The number of nitrogens with two attached hydrogens (primary N) is 1. The van der Waals surface area contributed by atoms with Crippen molar-refractivity contribution in [1.29, 1.82) is 0 Å². The van der Waals surface area contributed by atoms with Crippen molar-refractivity contribution in [2.75, 3.05) is 31.8 Å². The predicted octanol–water partition coefficient (Wildman–Crippen LogP) is 3.47. The van der Waals surface area contributed by atoms with Crippen LogP contribution in [0.2, 0.25) is 0 Å². The number of aromatic nitrogens is 2. The lowest BCUT2D eigenvalue weighted by molar-refractivity contribution is 0.416. The first-order valence-electron chi connectivity index (χ1n) is 7.63. The van der Waals surface area contributed by atoms with Crippen LogP contribution in [-0.4, -0.2) is 31.2 Å². The quantitative estimate of drug-likeness (QED) is 0.746. The van der Waals surface area contributed by atoms with Gasteiger partial charge in [0.25, 0.3) is 0 Å². The Kier molecular flexibility index (Phi) is 4.33. The molecule has 0 saturated heterocycles. The first-order chi connectivity index (χ1) is 11.6. The molecule has 0 spiro atoms. The average Bonchev–Trinajstić information content (AvgIpc) is 2.62. The summed E-state index contributed by atoms with van der Waals surface area (Å²) in [5.74, 6) is 0.775. The van der Waals surface area contributed by atoms with E-state index in [2.05, 4.69) is 9.97 Å². The Morgan fingerprint density at radius 2 is 1.62 bits per heavy atom. The number of ether oxygens (including phenoxy) is 1. The molecule has 0 saturated carbocycles. The molecule has 0 aliphatic carbocycles. The fourth-order valence-corrected chi connectivity index (χ4v) is 2.55. The van der Waals surface area contributed by atoms with Gasteiger partial charge in [0, 0.05) is 36.6 Å². The summed E-state index contributed by atoms with van der Waals surface area (Å²) >= 11 is 0. The molecular formula is C19H20N4O. The van der Waals surface area contributed by atoms with E-state index in [0.717, 1.165) is 34.0 Å². The number of hydrogen-bond acceptors (Lipinski definition) is 5. The zero-order chi connectivity index (χ0) is 17.1. The van der Waals surface area contributed by atoms with Crippen molar-refractivity contribution in [3.8, 4) is 28.3 Å². The van der Waals surface area contributed by atoms with Crippen molar-refractivity contribution in [2.45, 2.75) is 0 Å². The predicted molar refractivity (Wildman–Crippen MR) is 98.2 cm³/mol. The molecule has 0 atom stereocenters. The van der Waals surface area contributed by atoms with Gasteiger partial charge in [0.2, 0.25) is 0 Å². The Morgan fingerprint density at radius 1 is 0.917 bits per heavy atom. The van der Waals surface area contributed by atoms with E-state index >= 15 is 0 Å². The molecule has 0 radical (unpaired) electrons. The van der Waals surface area contributed by atoms with Crippen LogP contribution in [0.1, 0.15) is 0 Å².